The maximum atomic E-state index is 13.8. The molecular weight excluding hydrogens is 231 g/mol. The lowest BCUT2D eigenvalue weighted by Crippen LogP contribution is -2.15. The van der Waals surface area contributed by atoms with Gasteiger partial charge in [-0.05, 0) is 36.8 Å². The molecule has 0 spiro atoms. The molecule has 3 nitrogen and oxygen atoms in total. The number of aryl methyl sites for hydroxylation is 1. The normalized spacial score (nSPS) is 11.0. The van der Waals surface area contributed by atoms with Crippen molar-refractivity contribution in [3.05, 3.63) is 64.3 Å². The summed E-state index contributed by atoms with van der Waals surface area (Å²) < 4.78 is 15.1. The Labute approximate surface area is 103 Å². The van der Waals surface area contributed by atoms with Crippen LogP contribution in [0.15, 0.2) is 47.3 Å². The van der Waals surface area contributed by atoms with Crippen LogP contribution in [0, 0.1) is 12.7 Å². The van der Waals surface area contributed by atoms with Crippen LogP contribution < -0.4 is 5.69 Å². The molecule has 4 heteroatoms. The van der Waals surface area contributed by atoms with Gasteiger partial charge in [-0.15, -0.1) is 0 Å². The number of hydrogen-bond donors (Lipinski definition) is 1. The molecule has 0 saturated heterocycles. The van der Waals surface area contributed by atoms with E-state index in [0.717, 1.165) is 5.56 Å². The maximum Gasteiger partial charge on any atom is 0.331 e. The third-order valence-corrected chi connectivity index (χ3v) is 2.93. The summed E-state index contributed by atoms with van der Waals surface area (Å²) in [5, 5.41) is 0. The zero-order valence-corrected chi connectivity index (χ0v) is 9.77. The second kappa shape index (κ2) is 3.84. The molecule has 1 aromatic heterocycles. The van der Waals surface area contributed by atoms with Crippen molar-refractivity contribution in [3.8, 4) is 5.69 Å². The fraction of sp³-hybridized carbons (Fsp3) is 0.0714. The minimum Gasteiger partial charge on any atom is -0.305 e. The van der Waals surface area contributed by atoms with Crippen LogP contribution in [0.25, 0.3) is 16.7 Å². The number of aromatic amines is 1. The van der Waals surface area contributed by atoms with Crippen molar-refractivity contribution in [2.24, 2.45) is 0 Å². The Morgan fingerprint density at radius 2 is 1.94 bits per heavy atom. The molecule has 18 heavy (non-hydrogen) atoms. The van der Waals surface area contributed by atoms with Crippen molar-refractivity contribution in [2.45, 2.75) is 6.92 Å². The second-order valence-corrected chi connectivity index (χ2v) is 4.24. The lowest BCUT2D eigenvalue weighted by Gasteiger charge is -2.04. The van der Waals surface area contributed by atoms with Crippen molar-refractivity contribution in [3.63, 3.8) is 0 Å². The van der Waals surface area contributed by atoms with Gasteiger partial charge in [0.25, 0.3) is 0 Å². The summed E-state index contributed by atoms with van der Waals surface area (Å²) in [6.07, 6.45) is 0. The first-order chi connectivity index (χ1) is 8.66. The Morgan fingerprint density at radius 1 is 1.17 bits per heavy atom. The van der Waals surface area contributed by atoms with Crippen LogP contribution in [-0.2, 0) is 0 Å². The molecule has 3 rings (SSSR count). The van der Waals surface area contributed by atoms with Gasteiger partial charge in [-0.3, -0.25) is 4.57 Å². The summed E-state index contributed by atoms with van der Waals surface area (Å²) in [5.41, 5.74) is 2.34. The van der Waals surface area contributed by atoms with Gasteiger partial charge in [0.1, 0.15) is 5.82 Å². The molecule has 90 valence electrons. The molecule has 0 amide bonds. The van der Waals surface area contributed by atoms with E-state index >= 15 is 0 Å². The summed E-state index contributed by atoms with van der Waals surface area (Å²) in [6.45, 7) is 1.93. The monoisotopic (exact) mass is 242 g/mol. The molecule has 0 fully saturated rings. The van der Waals surface area contributed by atoms with Gasteiger partial charge in [-0.2, -0.15) is 0 Å². The molecule has 1 heterocycles. The number of imidazole rings is 1. The number of nitrogens with zero attached hydrogens (tertiary/aromatic N) is 1. The highest BCUT2D eigenvalue weighted by Crippen LogP contribution is 2.18. The fourth-order valence-corrected chi connectivity index (χ4v) is 2.09. The van der Waals surface area contributed by atoms with Crippen LogP contribution in [0.1, 0.15) is 5.56 Å². The average molecular weight is 242 g/mol. The van der Waals surface area contributed by atoms with Crippen LogP contribution in [0.4, 0.5) is 4.39 Å². The Morgan fingerprint density at radius 3 is 2.72 bits per heavy atom. The first kappa shape index (κ1) is 10.8. The number of nitrogens with one attached hydrogen (secondary N) is 1. The first-order valence-electron chi connectivity index (χ1n) is 5.63. The van der Waals surface area contributed by atoms with Crippen molar-refractivity contribution in [1.82, 2.24) is 9.55 Å². The van der Waals surface area contributed by atoms with E-state index in [2.05, 4.69) is 4.98 Å². The molecule has 0 radical (unpaired) electrons. The minimum absolute atomic E-state index is 0.263. The quantitative estimate of drug-likeness (QED) is 0.700. The number of halogens is 1. The van der Waals surface area contributed by atoms with E-state index in [1.165, 1.54) is 10.6 Å². The SMILES string of the molecule is Cc1ccc2[nH]c(=O)n(-c3ccccc3F)c2c1. The lowest BCUT2D eigenvalue weighted by atomic mass is 10.2. The van der Waals surface area contributed by atoms with Gasteiger partial charge < -0.3 is 4.98 Å². The number of hydrogen-bond acceptors (Lipinski definition) is 1. The number of fused-ring (bicyclic) bond motifs is 1. The largest absolute Gasteiger partial charge is 0.331 e. The minimum atomic E-state index is -0.415. The predicted octanol–water partition coefficient (Wildman–Crippen LogP) is 2.77. The summed E-state index contributed by atoms with van der Waals surface area (Å²) in [5.74, 6) is -0.415. The van der Waals surface area contributed by atoms with Crippen molar-refractivity contribution in [1.29, 1.82) is 0 Å². The van der Waals surface area contributed by atoms with E-state index in [1.807, 2.05) is 25.1 Å². The van der Waals surface area contributed by atoms with Gasteiger partial charge in [-0.1, -0.05) is 18.2 Å². The van der Waals surface area contributed by atoms with Crippen LogP contribution in [-0.4, -0.2) is 9.55 Å². The summed E-state index contributed by atoms with van der Waals surface area (Å²) in [6, 6.07) is 11.8. The Bertz CT molecular complexity index is 786. The Hall–Kier alpha value is -2.36. The highest BCUT2D eigenvalue weighted by atomic mass is 19.1. The van der Waals surface area contributed by atoms with Gasteiger partial charge in [0, 0.05) is 0 Å². The zero-order chi connectivity index (χ0) is 12.7. The van der Waals surface area contributed by atoms with E-state index in [9.17, 15) is 9.18 Å². The molecule has 3 aromatic rings. The van der Waals surface area contributed by atoms with Gasteiger partial charge in [0.05, 0.1) is 16.7 Å². The highest BCUT2D eigenvalue weighted by Gasteiger charge is 2.11. The topological polar surface area (TPSA) is 37.8 Å². The summed E-state index contributed by atoms with van der Waals surface area (Å²) in [7, 11) is 0. The van der Waals surface area contributed by atoms with E-state index in [0.29, 0.717) is 11.0 Å². The second-order valence-electron chi connectivity index (χ2n) is 4.24. The van der Waals surface area contributed by atoms with Crippen LogP contribution in [0.3, 0.4) is 0 Å². The van der Waals surface area contributed by atoms with E-state index < -0.39 is 5.82 Å². The van der Waals surface area contributed by atoms with Gasteiger partial charge in [-0.25, -0.2) is 9.18 Å². The summed E-state index contributed by atoms with van der Waals surface area (Å²) in [4.78, 5) is 14.7. The number of para-hydroxylation sites is 1. The number of rotatable bonds is 1. The standard InChI is InChI=1S/C14H11FN2O/c1-9-6-7-11-13(8-9)17(14(18)16-11)12-5-3-2-4-10(12)15/h2-8H,1H3,(H,16,18). The number of H-pyrrole nitrogens is 1. The van der Waals surface area contributed by atoms with Crippen molar-refractivity contribution < 1.29 is 4.39 Å². The molecule has 2 aromatic carbocycles. The molecule has 0 atom stereocenters. The highest BCUT2D eigenvalue weighted by molar-refractivity contribution is 5.78. The average Bonchev–Trinajstić information content (AvgIpc) is 2.66. The van der Waals surface area contributed by atoms with E-state index in [1.54, 1.807) is 18.2 Å². The molecular formula is C14H11FN2O. The molecule has 0 bridgehead atoms. The van der Waals surface area contributed by atoms with Gasteiger partial charge in [0.2, 0.25) is 0 Å². The summed E-state index contributed by atoms with van der Waals surface area (Å²) >= 11 is 0. The fourth-order valence-electron chi connectivity index (χ4n) is 2.09. The van der Waals surface area contributed by atoms with Crippen molar-refractivity contribution >= 4 is 11.0 Å². The lowest BCUT2D eigenvalue weighted by molar-refractivity contribution is 0.618. The van der Waals surface area contributed by atoms with Crippen LogP contribution in [0.2, 0.25) is 0 Å². The molecule has 0 aliphatic carbocycles. The molecule has 1 N–H and O–H groups in total. The first-order valence-corrected chi connectivity index (χ1v) is 5.63. The smallest absolute Gasteiger partial charge is 0.305 e. The maximum absolute atomic E-state index is 13.8. The third-order valence-electron chi connectivity index (χ3n) is 2.93. The third kappa shape index (κ3) is 1.54. The Balaban J connectivity index is 2.42. The predicted molar refractivity (Wildman–Crippen MR) is 68.6 cm³/mol. The van der Waals surface area contributed by atoms with Crippen molar-refractivity contribution in [2.75, 3.05) is 0 Å². The molecule has 0 aliphatic rings. The van der Waals surface area contributed by atoms with Gasteiger partial charge >= 0.3 is 5.69 Å². The Kier molecular flexibility index (Phi) is 2.30. The van der Waals surface area contributed by atoms with Gasteiger partial charge in [0.15, 0.2) is 0 Å². The number of benzene rings is 2. The molecule has 0 unspecified atom stereocenters. The van der Waals surface area contributed by atoms with Crippen LogP contribution >= 0.6 is 0 Å². The van der Waals surface area contributed by atoms with Crippen LogP contribution in [0.5, 0.6) is 0 Å². The van der Waals surface area contributed by atoms with E-state index in [4.69, 9.17) is 0 Å². The molecule has 0 saturated carbocycles. The number of aromatic nitrogens is 2. The zero-order valence-electron chi connectivity index (χ0n) is 9.77. The van der Waals surface area contributed by atoms with E-state index in [-0.39, 0.29) is 11.4 Å². The molecule has 0 aliphatic heterocycles.